The molecule has 0 spiro atoms. The number of amides is 1. The minimum atomic E-state index is -0.686. The Morgan fingerprint density at radius 3 is 2.50 bits per heavy atom. The molecule has 2 aliphatic carbocycles. The highest BCUT2D eigenvalue weighted by Crippen LogP contribution is 2.30. The van der Waals surface area contributed by atoms with Gasteiger partial charge in [0.1, 0.15) is 6.17 Å². The van der Waals surface area contributed by atoms with Crippen LogP contribution in [0.25, 0.3) is 0 Å². The topological polar surface area (TPSA) is 29.1 Å². The molecule has 2 fully saturated rings. The lowest BCUT2D eigenvalue weighted by Gasteiger charge is -2.10. The quantitative estimate of drug-likeness (QED) is 0.668. The van der Waals surface area contributed by atoms with E-state index in [-0.39, 0.29) is 17.9 Å². The molecule has 2 unspecified atom stereocenters. The summed E-state index contributed by atoms with van der Waals surface area (Å²) in [6, 6.07) is 0.119. The Bertz CT molecular complexity index is 191. The molecule has 2 aliphatic rings. The van der Waals surface area contributed by atoms with Gasteiger partial charge in [0.05, 0.1) is 0 Å². The van der Waals surface area contributed by atoms with E-state index in [0.29, 0.717) is 12.8 Å². The van der Waals surface area contributed by atoms with Gasteiger partial charge in [0.25, 0.3) is 0 Å². The Hall–Kier alpha value is -0.600. The average molecular weight is 171 g/mol. The molecule has 1 N–H and O–H groups in total. The largest absolute Gasteiger partial charge is 0.353 e. The third-order valence-electron chi connectivity index (χ3n) is 2.66. The molecule has 0 heterocycles. The van der Waals surface area contributed by atoms with Crippen molar-refractivity contribution in [2.75, 3.05) is 0 Å². The van der Waals surface area contributed by atoms with E-state index in [4.69, 9.17) is 0 Å². The molecule has 2 atom stereocenters. The first-order valence-corrected chi connectivity index (χ1v) is 4.70. The molecule has 0 aromatic heterocycles. The fourth-order valence-electron chi connectivity index (χ4n) is 1.72. The van der Waals surface area contributed by atoms with Crippen molar-refractivity contribution in [2.24, 2.45) is 5.92 Å². The van der Waals surface area contributed by atoms with Crippen LogP contribution < -0.4 is 5.32 Å². The van der Waals surface area contributed by atoms with E-state index in [1.54, 1.807) is 0 Å². The van der Waals surface area contributed by atoms with Crippen molar-refractivity contribution < 1.29 is 9.18 Å². The van der Waals surface area contributed by atoms with Gasteiger partial charge in [0.2, 0.25) is 5.91 Å². The number of carbonyl (C=O) groups excluding carboxylic acids is 1. The molecule has 0 aliphatic heterocycles. The lowest BCUT2D eigenvalue weighted by atomic mass is 10.2. The van der Waals surface area contributed by atoms with Gasteiger partial charge in [-0.2, -0.15) is 0 Å². The molecule has 1 amide bonds. The van der Waals surface area contributed by atoms with Crippen molar-refractivity contribution in [2.45, 2.75) is 44.3 Å². The lowest BCUT2D eigenvalue weighted by Crippen LogP contribution is -2.34. The van der Waals surface area contributed by atoms with E-state index in [2.05, 4.69) is 5.32 Å². The normalized spacial score (nSPS) is 35.1. The number of alkyl halides is 1. The molecule has 3 heteroatoms. The highest BCUT2D eigenvalue weighted by atomic mass is 19.1. The monoisotopic (exact) mass is 171 g/mol. The molecule has 68 valence electrons. The minimum absolute atomic E-state index is 0.119. The van der Waals surface area contributed by atoms with Crippen LogP contribution in [0.3, 0.4) is 0 Å². The first-order chi connectivity index (χ1) is 5.75. The van der Waals surface area contributed by atoms with Crippen molar-refractivity contribution in [1.29, 1.82) is 0 Å². The summed E-state index contributed by atoms with van der Waals surface area (Å²) < 4.78 is 12.7. The Kier molecular flexibility index (Phi) is 2.03. The van der Waals surface area contributed by atoms with Crippen LogP contribution in [0.15, 0.2) is 0 Å². The van der Waals surface area contributed by atoms with Crippen LogP contribution in [0.1, 0.15) is 32.1 Å². The van der Waals surface area contributed by atoms with Gasteiger partial charge in [-0.3, -0.25) is 4.79 Å². The van der Waals surface area contributed by atoms with E-state index in [9.17, 15) is 9.18 Å². The molecule has 0 aromatic carbocycles. The zero-order valence-corrected chi connectivity index (χ0v) is 7.05. The third-order valence-corrected chi connectivity index (χ3v) is 2.66. The maximum Gasteiger partial charge on any atom is 0.223 e. The maximum absolute atomic E-state index is 12.7. The van der Waals surface area contributed by atoms with Crippen LogP contribution in [0.5, 0.6) is 0 Å². The van der Waals surface area contributed by atoms with Gasteiger partial charge in [0, 0.05) is 12.0 Å². The zero-order chi connectivity index (χ0) is 8.55. The summed E-state index contributed by atoms with van der Waals surface area (Å²) in [6.45, 7) is 0. The summed E-state index contributed by atoms with van der Waals surface area (Å²) in [4.78, 5) is 11.2. The number of carbonyl (C=O) groups is 1. The highest BCUT2D eigenvalue weighted by molar-refractivity contribution is 5.81. The second kappa shape index (κ2) is 3.04. The molecule has 2 rings (SSSR count). The molecule has 2 saturated carbocycles. The summed E-state index contributed by atoms with van der Waals surface area (Å²) in [7, 11) is 0. The zero-order valence-electron chi connectivity index (χ0n) is 7.05. The van der Waals surface area contributed by atoms with Gasteiger partial charge in [-0.25, -0.2) is 4.39 Å². The molecular weight excluding hydrogens is 157 g/mol. The fraction of sp³-hybridized carbons (Fsp3) is 0.889. The van der Waals surface area contributed by atoms with Gasteiger partial charge in [0.15, 0.2) is 0 Å². The van der Waals surface area contributed by atoms with Gasteiger partial charge >= 0.3 is 0 Å². The highest BCUT2D eigenvalue weighted by Gasteiger charge is 2.33. The molecule has 2 nitrogen and oxygen atoms in total. The number of halogens is 1. The smallest absolute Gasteiger partial charge is 0.223 e. The van der Waals surface area contributed by atoms with Gasteiger partial charge in [-0.1, -0.05) is 0 Å². The number of hydrogen-bond donors (Lipinski definition) is 1. The van der Waals surface area contributed by atoms with Gasteiger partial charge in [-0.15, -0.1) is 0 Å². The summed E-state index contributed by atoms with van der Waals surface area (Å²) >= 11 is 0. The van der Waals surface area contributed by atoms with E-state index in [0.717, 1.165) is 19.3 Å². The molecule has 0 saturated heterocycles. The van der Waals surface area contributed by atoms with E-state index >= 15 is 0 Å². The Morgan fingerprint density at radius 2 is 2.00 bits per heavy atom. The van der Waals surface area contributed by atoms with E-state index < -0.39 is 6.17 Å². The number of nitrogens with one attached hydrogen (secondary N) is 1. The average Bonchev–Trinajstić information content (AvgIpc) is 2.78. The SMILES string of the molecule is O=C(NC1CCC(F)C1)C1CC1. The Morgan fingerprint density at radius 1 is 1.25 bits per heavy atom. The summed E-state index contributed by atoms with van der Waals surface area (Å²) in [5, 5.41) is 2.89. The second-order valence-electron chi connectivity index (χ2n) is 3.89. The van der Waals surface area contributed by atoms with Crippen molar-refractivity contribution in [3.8, 4) is 0 Å². The minimum Gasteiger partial charge on any atom is -0.353 e. The molecular formula is C9H14FNO. The number of rotatable bonds is 2. The Labute approximate surface area is 71.5 Å². The molecule has 0 radical (unpaired) electrons. The summed E-state index contributed by atoms with van der Waals surface area (Å²) in [5.74, 6) is 0.401. The standard InChI is InChI=1S/C9H14FNO/c10-7-3-4-8(5-7)11-9(12)6-1-2-6/h6-8H,1-5H2,(H,11,12). The first kappa shape index (κ1) is 8.02. The van der Waals surface area contributed by atoms with Gasteiger partial charge in [-0.05, 0) is 32.1 Å². The molecule has 0 aromatic rings. The molecule has 0 bridgehead atoms. The lowest BCUT2D eigenvalue weighted by molar-refractivity contribution is -0.122. The second-order valence-corrected chi connectivity index (χ2v) is 3.89. The predicted octanol–water partition coefficient (Wildman–Crippen LogP) is 1.40. The van der Waals surface area contributed by atoms with Crippen molar-refractivity contribution in [3.63, 3.8) is 0 Å². The first-order valence-electron chi connectivity index (χ1n) is 4.70. The van der Waals surface area contributed by atoms with Gasteiger partial charge < -0.3 is 5.32 Å². The van der Waals surface area contributed by atoms with Crippen molar-refractivity contribution in [3.05, 3.63) is 0 Å². The van der Waals surface area contributed by atoms with Crippen LogP contribution in [0.4, 0.5) is 4.39 Å². The predicted molar refractivity (Wildman–Crippen MR) is 43.4 cm³/mol. The fourth-order valence-corrected chi connectivity index (χ4v) is 1.72. The van der Waals surface area contributed by atoms with E-state index in [1.807, 2.05) is 0 Å². The van der Waals surface area contributed by atoms with Crippen LogP contribution in [-0.4, -0.2) is 18.1 Å². The van der Waals surface area contributed by atoms with Crippen LogP contribution >= 0.6 is 0 Å². The number of hydrogen-bond acceptors (Lipinski definition) is 1. The van der Waals surface area contributed by atoms with Crippen molar-refractivity contribution in [1.82, 2.24) is 5.32 Å². The van der Waals surface area contributed by atoms with Crippen LogP contribution in [0.2, 0.25) is 0 Å². The van der Waals surface area contributed by atoms with Crippen LogP contribution in [-0.2, 0) is 4.79 Å². The maximum atomic E-state index is 12.7. The summed E-state index contributed by atoms with van der Waals surface area (Å²) in [6.07, 6.45) is 3.33. The van der Waals surface area contributed by atoms with Crippen molar-refractivity contribution >= 4 is 5.91 Å². The third kappa shape index (κ3) is 1.76. The summed E-state index contributed by atoms with van der Waals surface area (Å²) in [5.41, 5.74) is 0. The van der Waals surface area contributed by atoms with E-state index in [1.165, 1.54) is 0 Å². The van der Waals surface area contributed by atoms with Crippen LogP contribution in [0, 0.1) is 5.92 Å². The molecule has 12 heavy (non-hydrogen) atoms. The Balaban J connectivity index is 1.75.